The number of carbonyl (C=O) groups excluding carboxylic acids is 1. The van der Waals surface area contributed by atoms with Gasteiger partial charge < -0.3 is 14.8 Å². The second kappa shape index (κ2) is 9.19. The summed E-state index contributed by atoms with van der Waals surface area (Å²) >= 11 is 5.74. The first-order chi connectivity index (χ1) is 15.4. The molecule has 0 aliphatic carbocycles. The highest BCUT2D eigenvalue weighted by Gasteiger charge is 2.14. The van der Waals surface area contributed by atoms with Crippen LogP contribution in [0.1, 0.15) is 15.9 Å². The lowest BCUT2D eigenvalue weighted by Gasteiger charge is -2.12. The van der Waals surface area contributed by atoms with Crippen LogP contribution >= 0.6 is 11.6 Å². The van der Waals surface area contributed by atoms with Gasteiger partial charge in [-0.1, -0.05) is 29.8 Å². The largest absolute Gasteiger partial charge is 0.489 e. The number of halogens is 4. The molecule has 0 spiro atoms. The molecule has 6 nitrogen and oxygen atoms in total. The number of hydrogen-bond donors (Lipinski definition) is 2. The third-order valence-electron chi connectivity index (χ3n) is 4.53. The molecule has 164 valence electrons. The number of hydrogen-bond acceptors (Lipinski definition) is 4. The van der Waals surface area contributed by atoms with Crippen molar-refractivity contribution in [1.82, 2.24) is 10.2 Å². The molecule has 4 rings (SSSR count). The van der Waals surface area contributed by atoms with Crippen molar-refractivity contribution in [2.75, 3.05) is 5.32 Å². The van der Waals surface area contributed by atoms with E-state index in [1.54, 1.807) is 36.4 Å². The van der Waals surface area contributed by atoms with Crippen LogP contribution in [0.25, 0.3) is 10.9 Å². The number of rotatable bonds is 7. The number of H-pyrrole nitrogens is 1. The number of benzene rings is 3. The van der Waals surface area contributed by atoms with Crippen molar-refractivity contribution in [2.24, 2.45) is 0 Å². The normalized spacial score (nSPS) is 11.0. The first-order valence-electron chi connectivity index (χ1n) is 9.31. The van der Waals surface area contributed by atoms with Crippen LogP contribution in [0, 0.1) is 5.82 Å². The number of aromatic amines is 1. The Balaban J connectivity index is 1.52. The highest BCUT2D eigenvalue weighted by atomic mass is 35.5. The fraction of sp³-hybridized carbons (Fsp3) is 0.0909. The minimum absolute atomic E-state index is 0.0119. The molecular formula is C22H15ClF3N3O3. The Morgan fingerprint density at radius 1 is 1.12 bits per heavy atom. The number of para-hydroxylation sites is 1. The molecule has 32 heavy (non-hydrogen) atoms. The van der Waals surface area contributed by atoms with Gasteiger partial charge in [-0.05, 0) is 42.5 Å². The van der Waals surface area contributed by atoms with Gasteiger partial charge in [-0.3, -0.25) is 9.89 Å². The second-order valence-electron chi connectivity index (χ2n) is 6.64. The monoisotopic (exact) mass is 461 g/mol. The number of amides is 1. The highest BCUT2D eigenvalue weighted by Crippen LogP contribution is 2.28. The molecule has 0 radical (unpaired) electrons. The molecule has 0 bridgehead atoms. The lowest BCUT2D eigenvalue weighted by Crippen LogP contribution is -2.12. The highest BCUT2D eigenvalue weighted by molar-refractivity contribution is 6.31. The minimum Gasteiger partial charge on any atom is -0.489 e. The van der Waals surface area contributed by atoms with Gasteiger partial charge in [0, 0.05) is 16.5 Å². The summed E-state index contributed by atoms with van der Waals surface area (Å²) < 4.78 is 48.7. The smallest absolute Gasteiger partial charge is 0.387 e. The predicted molar refractivity (Wildman–Crippen MR) is 113 cm³/mol. The van der Waals surface area contributed by atoms with Crippen LogP contribution in [0.15, 0.2) is 60.7 Å². The number of nitrogens with zero attached hydrogens (tertiary/aromatic N) is 1. The van der Waals surface area contributed by atoms with Crippen LogP contribution in [0.5, 0.6) is 11.5 Å². The number of fused-ring (bicyclic) bond motifs is 1. The number of anilines is 1. The predicted octanol–water partition coefficient (Wildman–Crippen LogP) is 5.79. The van der Waals surface area contributed by atoms with Gasteiger partial charge in [0.15, 0.2) is 5.82 Å². The van der Waals surface area contributed by atoms with Gasteiger partial charge >= 0.3 is 6.61 Å². The number of carbonyl (C=O) groups is 1. The van der Waals surface area contributed by atoms with Gasteiger partial charge in [-0.2, -0.15) is 13.9 Å². The van der Waals surface area contributed by atoms with Crippen molar-refractivity contribution in [3.8, 4) is 11.5 Å². The zero-order valence-corrected chi connectivity index (χ0v) is 17.0. The fourth-order valence-corrected chi connectivity index (χ4v) is 3.17. The lowest BCUT2D eigenvalue weighted by atomic mass is 10.2. The molecule has 1 aromatic heterocycles. The molecule has 4 aromatic rings. The molecular weight excluding hydrogens is 447 g/mol. The van der Waals surface area contributed by atoms with E-state index < -0.39 is 18.3 Å². The summed E-state index contributed by atoms with van der Waals surface area (Å²) in [5.74, 6) is -0.471. The van der Waals surface area contributed by atoms with Crippen LogP contribution in [0.3, 0.4) is 0 Å². The summed E-state index contributed by atoms with van der Waals surface area (Å²) in [5, 5.41) is 9.90. The average Bonchev–Trinajstić information content (AvgIpc) is 3.16. The van der Waals surface area contributed by atoms with E-state index >= 15 is 0 Å². The fourth-order valence-electron chi connectivity index (χ4n) is 2.99. The number of aromatic nitrogens is 2. The summed E-state index contributed by atoms with van der Waals surface area (Å²) in [6.07, 6.45) is 0. The van der Waals surface area contributed by atoms with E-state index in [1.807, 2.05) is 0 Å². The van der Waals surface area contributed by atoms with Gasteiger partial charge in [0.1, 0.15) is 23.9 Å². The Morgan fingerprint density at radius 3 is 2.72 bits per heavy atom. The SMILES string of the molecule is O=C(Nc1n[nH]c2ccc(OCc3ccccc3OC(F)F)cc12)c1ccc(F)c(Cl)c1. The van der Waals surface area contributed by atoms with E-state index in [4.69, 9.17) is 16.3 Å². The zero-order chi connectivity index (χ0) is 22.7. The summed E-state index contributed by atoms with van der Waals surface area (Å²) in [5.41, 5.74) is 1.24. The molecule has 0 aliphatic heterocycles. The summed E-state index contributed by atoms with van der Waals surface area (Å²) in [7, 11) is 0. The third kappa shape index (κ3) is 4.78. The van der Waals surface area contributed by atoms with Gasteiger partial charge in [0.25, 0.3) is 5.91 Å². The molecule has 0 saturated carbocycles. The quantitative estimate of drug-likeness (QED) is 0.365. The first kappa shape index (κ1) is 21.5. The Morgan fingerprint density at radius 2 is 1.94 bits per heavy atom. The van der Waals surface area contributed by atoms with E-state index in [-0.39, 0.29) is 28.8 Å². The average molecular weight is 462 g/mol. The third-order valence-corrected chi connectivity index (χ3v) is 4.82. The summed E-state index contributed by atoms with van der Waals surface area (Å²) in [6.45, 7) is -2.96. The molecule has 0 aliphatic rings. The second-order valence-corrected chi connectivity index (χ2v) is 7.04. The Hall–Kier alpha value is -3.72. The molecule has 0 fully saturated rings. The van der Waals surface area contributed by atoms with Crippen LogP contribution < -0.4 is 14.8 Å². The molecule has 3 aromatic carbocycles. The number of alkyl halides is 2. The summed E-state index contributed by atoms with van der Waals surface area (Å²) in [4.78, 5) is 12.5. The number of nitrogens with one attached hydrogen (secondary N) is 2. The van der Waals surface area contributed by atoms with Crippen LogP contribution in [0.4, 0.5) is 19.0 Å². The molecule has 0 saturated heterocycles. The summed E-state index contributed by atoms with van der Waals surface area (Å²) in [6, 6.07) is 14.9. The molecule has 1 amide bonds. The van der Waals surface area contributed by atoms with Crippen LogP contribution in [0.2, 0.25) is 5.02 Å². The van der Waals surface area contributed by atoms with Crippen molar-refractivity contribution in [1.29, 1.82) is 0 Å². The van der Waals surface area contributed by atoms with E-state index in [2.05, 4.69) is 20.3 Å². The topological polar surface area (TPSA) is 76.2 Å². The molecule has 10 heteroatoms. The first-order valence-corrected chi connectivity index (χ1v) is 9.68. The van der Waals surface area contributed by atoms with Gasteiger partial charge in [0.2, 0.25) is 0 Å². The maximum absolute atomic E-state index is 13.3. The van der Waals surface area contributed by atoms with Crippen molar-refractivity contribution >= 4 is 34.2 Å². The maximum atomic E-state index is 13.3. The van der Waals surface area contributed by atoms with Gasteiger partial charge in [-0.15, -0.1) is 0 Å². The Labute approximate surface area is 184 Å². The maximum Gasteiger partial charge on any atom is 0.387 e. The zero-order valence-electron chi connectivity index (χ0n) is 16.2. The Kier molecular flexibility index (Phi) is 6.18. The van der Waals surface area contributed by atoms with E-state index in [9.17, 15) is 18.0 Å². The molecule has 0 unspecified atom stereocenters. The van der Waals surface area contributed by atoms with E-state index in [0.29, 0.717) is 22.2 Å². The minimum atomic E-state index is -2.94. The van der Waals surface area contributed by atoms with Crippen molar-refractivity contribution in [3.63, 3.8) is 0 Å². The Bertz CT molecular complexity index is 1280. The van der Waals surface area contributed by atoms with Crippen molar-refractivity contribution in [2.45, 2.75) is 13.2 Å². The molecule has 2 N–H and O–H groups in total. The molecule has 1 heterocycles. The van der Waals surface area contributed by atoms with Crippen LogP contribution in [-0.2, 0) is 6.61 Å². The molecule has 0 atom stereocenters. The van der Waals surface area contributed by atoms with Crippen LogP contribution in [-0.4, -0.2) is 22.7 Å². The van der Waals surface area contributed by atoms with Gasteiger partial charge in [-0.25, -0.2) is 4.39 Å². The van der Waals surface area contributed by atoms with E-state index in [1.165, 1.54) is 18.2 Å². The number of ether oxygens (including phenoxy) is 2. The lowest BCUT2D eigenvalue weighted by molar-refractivity contribution is -0.0508. The van der Waals surface area contributed by atoms with Crippen molar-refractivity contribution < 1.29 is 27.4 Å². The standard InChI is InChI=1S/C22H15ClF3N3O3/c23-16-9-12(5-7-17(16)24)21(30)27-20-15-10-14(6-8-18(15)28-29-20)31-11-13-3-1-2-4-19(13)32-22(25)26/h1-10,22H,11H2,(H2,27,28,29,30). The van der Waals surface area contributed by atoms with Crippen molar-refractivity contribution in [3.05, 3.63) is 82.6 Å². The van der Waals surface area contributed by atoms with Gasteiger partial charge in [0.05, 0.1) is 10.5 Å². The van der Waals surface area contributed by atoms with E-state index in [0.717, 1.165) is 6.07 Å².